The molecule has 1 aromatic carbocycles. The Bertz CT molecular complexity index is 617. The summed E-state index contributed by atoms with van der Waals surface area (Å²) in [7, 11) is 0. The monoisotopic (exact) mass is 348 g/mol. The molecule has 0 aliphatic carbocycles. The summed E-state index contributed by atoms with van der Waals surface area (Å²) in [6, 6.07) is 12.1. The highest BCUT2D eigenvalue weighted by atomic mass is 79.9. The maximum atomic E-state index is 12.4. The Morgan fingerprint density at radius 3 is 2.57 bits per heavy atom. The highest BCUT2D eigenvalue weighted by molar-refractivity contribution is 9.10. The van der Waals surface area contributed by atoms with Crippen LogP contribution in [0.3, 0.4) is 0 Å². The topological polar surface area (TPSA) is 34.0 Å². The molecule has 0 unspecified atom stereocenters. The van der Waals surface area contributed by atoms with E-state index in [0.29, 0.717) is 12.2 Å². The van der Waals surface area contributed by atoms with Crippen LogP contribution in [0.2, 0.25) is 0 Å². The lowest BCUT2D eigenvalue weighted by Crippen LogP contribution is -2.37. The minimum absolute atomic E-state index is 0.0356. The number of aryl methyl sites for hydroxylation is 1. The van der Waals surface area contributed by atoms with Crippen molar-refractivity contribution in [3.8, 4) is 0 Å². The number of halogens is 1. The number of benzene rings is 1. The molecule has 0 atom stereocenters. The second-order valence-corrected chi connectivity index (χ2v) is 6.68. The van der Waals surface area contributed by atoms with E-state index in [1.165, 1.54) is 5.56 Å². The number of carbonyl (C=O) groups excluding carboxylic acids is 1. The van der Waals surface area contributed by atoms with Crippen molar-refractivity contribution < 1.29 is 4.79 Å². The zero-order valence-corrected chi connectivity index (χ0v) is 14.3. The number of aromatic nitrogens is 1. The van der Waals surface area contributed by atoms with Gasteiger partial charge in [-0.05, 0) is 34.5 Å². The van der Waals surface area contributed by atoms with Crippen LogP contribution >= 0.6 is 15.9 Å². The molecule has 0 aliphatic heterocycles. The summed E-state index contributed by atoms with van der Waals surface area (Å²) in [5.41, 5.74) is 1.81. The van der Waals surface area contributed by atoms with Crippen LogP contribution < -0.4 is 5.32 Å². The van der Waals surface area contributed by atoms with Crippen molar-refractivity contribution in [3.63, 3.8) is 0 Å². The van der Waals surface area contributed by atoms with Crippen molar-refractivity contribution >= 4 is 21.8 Å². The van der Waals surface area contributed by atoms with E-state index < -0.39 is 0 Å². The number of nitrogens with zero attached hydrogens (tertiary/aromatic N) is 1. The fraction of sp³-hybridized carbons (Fsp3) is 0.353. The van der Waals surface area contributed by atoms with E-state index in [1.807, 2.05) is 42.0 Å². The molecule has 0 bridgehead atoms. The lowest BCUT2D eigenvalue weighted by Gasteiger charge is -2.25. The van der Waals surface area contributed by atoms with Crippen molar-refractivity contribution in [2.75, 3.05) is 6.54 Å². The maximum absolute atomic E-state index is 12.4. The van der Waals surface area contributed by atoms with E-state index in [0.717, 1.165) is 11.0 Å². The number of amides is 1. The first kappa shape index (κ1) is 15.8. The Hall–Kier alpha value is -1.55. The standard InChI is InChI=1S/C17H21BrN2O/c1-4-20-11-14(18)10-15(20)16(21)19-12-17(2,3)13-8-6-5-7-9-13/h5-11H,4,12H2,1-3H3,(H,19,21). The van der Waals surface area contributed by atoms with Crippen LogP contribution in [0.4, 0.5) is 0 Å². The Balaban J connectivity index is 2.07. The smallest absolute Gasteiger partial charge is 0.267 e. The van der Waals surface area contributed by atoms with Gasteiger partial charge < -0.3 is 9.88 Å². The molecule has 0 spiro atoms. The number of hydrogen-bond donors (Lipinski definition) is 1. The molecule has 2 aromatic rings. The number of nitrogens with one attached hydrogen (secondary N) is 1. The molecular weight excluding hydrogens is 328 g/mol. The first-order valence-corrected chi connectivity index (χ1v) is 7.93. The molecule has 3 nitrogen and oxygen atoms in total. The van der Waals surface area contributed by atoms with Crippen molar-refractivity contribution in [2.24, 2.45) is 0 Å². The van der Waals surface area contributed by atoms with E-state index in [4.69, 9.17) is 0 Å². The van der Waals surface area contributed by atoms with Gasteiger partial charge in [0.15, 0.2) is 0 Å². The summed E-state index contributed by atoms with van der Waals surface area (Å²) in [5.74, 6) is -0.0356. The van der Waals surface area contributed by atoms with Crippen molar-refractivity contribution in [1.29, 1.82) is 0 Å². The molecule has 0 saturated carbocycles. The van der Waals surface area contributed by atoms with Crippen LogP contribution in [0.15, 0.2) is 47.1 Å². The van der Waals surface area contributed by atoms with Gasteiger partial charge in [-0.1, -0.05) is 44.2 Å². The highest BCUT2D eigenvalue weighted by Crippen LogP contribution is 2.22. The van der Waals surface area contributed by atoms with E-state index in [1.54, 1.807) is 0 Å². The van der Waals surface area contributed by atoms with Gasteiger partial charge in [0.2, 0.25) is 0 Å². The molecule has 0 fully saturated rings. The number of rotatable bonds is 5. The summed E-state index contributed by atoms with van der Waals surface area (Å²) >= 11 is 3.42. The molecule has 1 heterocycles. The minimum atomic E-state index is -0.0994. The van der Waals surface area contributed by atoms with Gasteiger partial charge in [-0.2, -0.15) is 0 Å². The maximum Gasteiger partial charge on any atom is 0.267 e. The van der Waals surface area contributed by atoms with Crippen molar-refractivity contribution in [3.05, 3.63) is 58.3 Å². The average Bonchev–Trinajstić information content (AvgIpc) is 2.87. The lowest BCUT2D eigenvalue weighted by atomic mass is 9.84. The third-order valence-electron chi connectivity index (χ3n) is 3.68. The fourth-order valence-electron chi connectivity index (χ4n) is 2.31. The van der Waals surface area contributed by atoms with Gasteiger partial charge in [0, 0.05) is 29.2 Å². The summed E-state index contributed by atoms with van der Waals surface area (Å²) in [5, 5.41) is 3.05. The predicted molar refractivity (Wildman–Crippen MR) is 89.6 cm³/mol. The van der Waals surface area contributed by atoms with E-state index in [2.05, 4.69) is 47.2 Å². The van der Waals surface area contributed by atoms with Crippen LogP contribution in [0.25, 0.3) is 0 Å². The second-order valence-electron chi connectivity index (χ2n) is 5.76. The number of carbonyl (C=O) groups is 1. The van der Waals surface area contributed by atoms with Crippen LogP contribution in [-0.4, -0.2) is 17.0 Å². The first-order chi connectivity index (χ1) is 9.94. The molecule has 1 amide bonds. The molecule has 0 aliphatic rings. The van der Waals surface area contributed by atoms with Gasteiger partial charge in [0.25, 0.3) is 5.91 Å². The first-order valence-electron chi connectivity index (χ1n) is 7.13. The third kappa shape index (κ3) is 3.76. The molecule has 4 heteroatoms. The molecule has 21 heavy (non-hydrogen) atoms. The Morgan fingerprint density at radius 2 is 1.95 bits per heavy atom. The molecule has 2 rings (SSSR count). The van der Waals surface area contributed by atoms with Gasteiger partial charge in [0.1, 0.15) is 5.69 Å². The van der Waals surface area contributed by atoms with Gasteiger partial charge in [-0.25, -0.2) is 0 Å². The Labute approximate surface area is 134 Å². The van der Waals surface area contributed by atoms with Gasteiger partial charge in [0.05, 0.1) is 0 Å². The molecular formula is C17H21BrN2O. The normalized spacial score (nSPS) is 11.4. The molecule has 112 valence electrons. The van der Waals surface area contributed by atoms with Crippen LogP contribution in [0, 0.1) is 0 Å². The lowest BCUT2D eigenvalue weighted by molar-refractivity contribution is 0.0936. The summed E-state index contributed by atoms with van der Waals surface area (Å²) in [4.78, 5) is 12.4. The van der Waals surface area contributed by atoms with Crippen molar-refractivity contribution in [1.82, 2.24) is 9.88 Å². The van der Waals surface area contributed by atoms with Crippen LogP contribution in [-0.2, 0) is 12.0 Å². The molecule has 0 saturated heterocycles. The SMILES string of the molecule is CCn1cc(Br)cc1C(=O)NCC(C)(C)c1ccccc1. The molecule has 0 radical (unpaired) electrons. The van der Waals surface area contributed by atoms with Gasteiger partial charge in [-0.3, -0.25) is 4.79 Å². The number of hydrogen-bond acceptors (Lipinski definition) is 1. The van der Waals surface area contributed by atoms with Gasteiger partial charge in [-0.15, -0.1) is 0 Å². The summed E-state index contributed by atoms with van der Waals surface area (Å²) < 4.78 is 2.87. The largest absolute Gasteiger partial charge is 0.350 e. The molecule has 1 aromatic heterocycles. The van der Waals surface area contributed by atoms with E-state index in [9.17, 15) is 4.79 Å². The minimum Gasteiger partial charge on any atom is -0.350 e. The summed E-state index contributed by atoms with van der Waals surface area (Å²) in [6.45, 7) is 7.67. The van der Waals surface area contributed by atoms with Crippen LogP contribution in [0.1, 0.15) is 36.8 Å². The van der Waals surface area contributed by atoms with E-state index >= 15 is 0 Å². The zero-order valence-electron chi connectivity index (χ0n) is 12.7. The van der Waals surface area contributed by atoms with Crippen molar-refractivity contribution in [2.45, 2.75) is 32.7 Å². The Kier molecular flexibility index (Phi) is 4.88. The summed E-state index contributed by atoms with van der Waals surface area (Å²) in [6.07, 6.45) is 1.93. The second kappa shape index (κ2) is 6.48. The molecule has 1 N–H and O–H groups in total. The zero-order chi connectivity index (χ0) is 15.5. The Morgan fingerprint density at radius 1 is 1.29 bits per heavy atom. The predicted octanol–water partition coefficient (Wildman–Crippen LogP) is 3.98. The highest BCUT2D eigenvalue weighted by Gasteiger charge is 2.22. The fourth-order valence-corrected chi connectivity index (χ4v) is 2.77. The third-order valence-corrected chi connectivity index (χ3v) is 4.12. The van der Waals surface area contributed by atoms with Crippen LogP contribution in [0.5, 0.6) is 0 Å². The quantitative estimate of drug-likeness (QED) is 0.871. The average molecular weight is 349 g/mol. The van der Waals surface area contributed by atoms with E-state index in [-0.39, 0.29) is 11.3 Å². The van der Waals surface area contributed by atoms with Gasteiger partial charge >= 0.3 is 0 Å².